The predicted molar refractivity (Wildman–Crippen MR) is 76.6 cm³/mol. The molecule has 0 saturated heterocycles. The van der Waals surface area contributed by atoms with E-state index < -0.39 is 0 Å². The molecule has 0 atom stereocenters. The fourth-order valence-corrected chi connectivity index (χ4v) is 2.59. The van der Waals surface area contributed by atoms with Gasteiger partial charge < -0.3 is 10.6 Å². The van der Waals surface area contributed by atoms with Gasteiger partial charge in [0.05, 0.1) is 15.8 Å². The minimum absolute atomic E-state index is 0.0496. The Morgan fingerprint density at radius 2 is 1.94 bits per heavy atom. The van der Waals surface area contributed by atoms with E-state index in [9.17, 15) is 0 Å². The molecule has 0 radical (unpaired) electrons. The number of halogens is 1. The molecule has 1 heterocycles. The molecule has 1 aromatic rings. The lowest BCUT2D eigenvalue weighted by atomic mass is 9.92. The first-order chi connectivity index (χ1) is 7.23. The second-order valence-corrected chi connectivity index (χ2v) is 6.40. The second-order valence-electron chi connectivity index (χ2n) is 5.32. The molecule has 0 fully saturated rings. The van der Waals surface area contributed by atoms with Crippen LogP contribution in [0.15, 0.2) is 0 Å². The highest BCUT2D eigenvalue weighted by atomic mass is 127. The van der Waals surface area contributed by atoms with Gasteiger partial charge in [-0.2, -0.15) is 5.10 Å². The molecule has 92 valence electrons. The van der Waals surface area contributed by atoms with E-state index in [0.29, 0.717) is 0 Å². The summed E-state index contributed by atoms with van der Waals surface area (Å²) in [5.74, 6) is 0.785. The maximum Gasteiger partial charge on any atom is 0.135 e. The van der Waals surface area contributed by atoms with Crippen molar-refractivity contribution >= 4 is 28.4 Å². The van der Waals surface area contributed by atoms with Gasteiger partial charge in [-0.25, -0.2) is 4.68 Å². The highest BCUT2D eigenvalue weighted by Gasteiger charge is 2.24. The van der Waals surface area contributed by atoms with Crippen LogP contribution in [0.5, 0.6) is 0 Å². The summed E-state index contributed by atoms with van der Waals surface area (Å²) in [6.45, 7) is 8.27. The molecule has 0 aliphatic heterocycles. The highest BCUT2D eigenvalue weighted by Crippen LogP contribution is 2.29. The molecule has 0 aromatic carbocycles. The van der Waals surface area contributed by atoms with Crippen LogP contribution in [0, 0.1) is 3.57 Å². The van der Waals surface area contributed by atoms with E-state index in [4.69, 9.17) is 5.73 Å². The number of nitrogen functional groups attached to an aromatic ring is 1. The van der Waals surface area contributed by atoms with Crippen LogP contribution in [0.4, 0.5) is 5.82 Å². The van der Waals surface area contributed by atoms with Crippen LogP contribution in [0.1, 0.15) is 26.5 Å². The highest BCUT2D eigenvalue weighted by molar-refractivity contribution is 14.1. The number of anilines is 1. The van der Waals surface area contributed by atoms with Crippen LogP contribution in [-0.2, 0) is 12.0 Å². The summed E-state index contributed by atoms with van der Waals surface area (Å²) in [4.78, 5) is 2.13. The van der Waals surface area contributed by atoms with Gasteiger partial charge in [0.15, 0.2) is 0 Å². The Bertz CT molecular complexity index is 363. The van der Waals surface area contributed by atoms with Crippen molar-refractivity contribution in [3.63, 3.8) is 0 Å². The monoisotopic (exact) mass is 336 g/mol. The van der Waals surface area contributed by atoms with Crippen LogP contribution >= 0.6 is 22.6 Å². The van der Waals surface area contributed by atoms with E-state index in [1.165, 1.54) is 0 Å². The molecule has 16 heavy (non-hydrogen) atoms. The molecule has 0 aliphatic rings. The molecule has 5 heteroatoms. The van der Waals surface area contributed by atoms with Crippen LogP contribution in [0.3, 0.4) is 0 Å². The van der Waals surface area contributed by atoms with Crippen molar-refractivity contribution in [3.8, 4) is 0 Å². The lowest BCUT2D eigenvalue weighted by molar-refractivity contribution is 0.372. The van der Waals surface area contributed by atoms with Crippen molar-refractivity contribution in [3.05, 3.63) is 9.26 Å². The SMILES string of the molecule is CN(C)CCn1nc(C(C)(C)C)c(I)c1N. The molecule has 0 amide bonds. The summed E-state index contributed by atoms with van der Waals surface area (Å²) >= 11 is 2.29. The van der Waals surface area contributed by atoms with Gasteiger partial charge in [0, 0.05) is 12.0 Å². The number of aromatic nitrogens is 2. The smallest absolute Gasteiger partial charge is 0.135 e. The van der Waals surface area contributed by atoms with Gasteiger partial charge in [-0.05, 0) is 36.7 Å². The molecule has 0 unspecified atom stereocenters. The summed E-state index contributed by atoms with van der Waals surface area (Å²) in [5, 5.41) is 4.61. The van der Waals surface area contributed by atoms with Crippen molar-refractivity contribution < 1.29 is 0 Å². The Labute approximate surface area is 111 Å². The van der Waals surface area contributed by atoms with Gasteiger partial charge in [0.25, 0.3) is 0 Å². The van der Waals surface area contributed by atoms with Crippen molar-refractivity contribution in [2.24, 2.45) is 0 Å². The third-order valence-corrected chi connectivity index (χ3v) is 3.46. The summed E-state index contributed by atoms with van der Waals surface area (Å²) in [7, 11) is 4.10. The number of likely N-dealkylation sites (N-methyl/N-ethyl adjacent to an activating group) is 1. The van der Waals surface area contributed by atoms with Crippen molar-refractivity contribution in [2.45, 2.75) is 32.7 Å². The number of rotatable bonds is 3. The average Bonchev–Trinajstić information content (AvgIpc) is 2.40. The Morgan fingerprint density at radius 3 is 2.31 bits per heavy atom. The molecule has 2 N–H and O–H groups in total. The zero-order chi connectivity index (χ0) is 12.5. The molecular weight excluding hydrogens is 315 g/mol. The fraction of sp³-hybridized carbons (Fsp3) is 0.727. The van der Waals surface area contributed by atoms with E-state index in [2.05, 4.69) is 67.5 Å². The molecule has 1 rings (SSSR count). The van der Waals surface area contributed by atoms with E-state index in [1.807, 2.05) is 4.68 Å². The number of nitrogens with zero attached hydrogens (tertiary/aromatic N) is 3. The quantitative estimate of drug-likeness (QED) is 0.858. The van der Waals surface area contributed by atoms with Gasteiger partial charge in [0.1, 0.15) is 5.82 Å². The van der Waals surface area contributed by atoms with Crippen LogP contribution in [0.25, 0.3) is 0 Å². The summed E-state index contributed by atoms with van der Waals surface area (Å²) in [6.07, 6.45) is 0. The maximum absolute atomic E-state index is 6.06. The van der Waals surface area contributed by atoms with Crippen molar-refractivity contribution in [1.29, 1.82) is 0 Å². The largest absolute Gasteiger partial charge is 0.383 e. The molecule has 0 aliphatic carbocycles. The minimum atomic E-state index is 0.0496. The normalized spacial score (nSPS) is 12.4. The number of hydrogen-bond donors (Lipinski definition) is 1. The fourth-order valence-electron chi connectivity index (χ4n) is 1.40. The molecular formula is C11H21IN4. The van der Waals surface area contributed by atoms with Crippen LogP contribution in [-0.4, -0.2) is 35.3 Å². The van der Waals surface area contributed by atoms with Crippen LogP contribution in [0.2, 0.25) is 0 Å². The van der Waals surface area contributed by atoms with Crippen LogP contribution < -0.4 is 5.73 Å². The van der Waals surface area contributed by atoms with Gasteiger partial charge in [0.2, 0.25) is 0 Å². The Hall–Kier alpha value is -0.300. The number of nitrogens with two attached hydrogens (primary N) is 1. The van der Waals surface area contributed by atoms with E-state index in [1.54, 1.807) is 0 Å². The summed E-state index contributed by atoms with van der Waals surface area (Å²) in [5.41, 5.74) is 7.20. The Kier molecular flexibility index (Phi) is 4.23. The third-order valence-electron chi connectivity index (χ3n) is 2.40. The van der Waals surface area contributed by atoms with Gasteiger partial charge in [-0.15, -0.1) is 0 Å². The van der Waals surface area contributed by atoms with E-state index >= 15 is 0 Å². The second kappa shape index (κ2) is 4.91. The van der Waals surface area contributed by atoms with Gasteiger partial charge in [-0.1, -0.05) is 20.8 Å². The zero-order valence-corrected chi connectivity index (χ0v) is 12.9. The third kappa shape index (κ3) is 3.10. The minimum Gasteiger partial charge on any atom is -0.383 e. The topological polar surface area (TPSA) is 47.1 Å². The first-order valence-electron chi connectivity index (χ1n) is 5.40. The van der Waals surface area contributed by atoms with E-state index in [-0.39, 0.29) is 5.41 Å². The Morgan fingerprint density at radius 1 is 1.38 bits per heavy atom. The maximum atomic E-state index is 6.06. The Balaban J connectivity index is 2.96. The lowest BCUT2D eigenvalue weighted by Crippen LogP contribution is -2.20. The lowest BCUT2D eigenvalue weighted by Gasteiger charge is -2.15. The van der Waals surface area contributed by atoms with E-state index in [0.717, 1.165) is 28.2 Å². The standard InChI is InChI=1S/C11H21IN4/c1-11(2,3)9-8(12)10(13)16(14-9)7-6-15(4)5/h6-7,13H2,1-5H3. The molecule has 4 nitrogen and oxygen atoms in total. The molecule has 0 spiro atoms. The van der Waals surface area contributed by atoms with Crippen molar-refractivity contribution in [2.75, 3.05) is 26.4 Å². The predicted octanol–water partition coefficient (Wildman–Crippen LogP) is 1.93. The first-order valence-corrected chi connectivity index (χ1v) is 6.48. The van der Waals surface area contributed by atoms with Crippen molar-refractivity contribution in [1.82, 2.24) is 14.7 Å². The van der Waals surface area contributed by atoms with Gasteiger partial charge in [-0.3, -0.25) is 0 Å². The summed E-state index contributed by atoms with van der Waals surface area (Å²) in [6, 6.07) is 0. The first kappa shape index (κ1) is 13.8. The molecule has 0 saturated carbocycles. The number of hydrogen-bond acceptors (Lipinski definition) is 3. The zero-order valence-electron chi connectivity index (χ0n) is 10.7. The van der Waals surface area contributed by atoms with Gasteiger partial charge >= 0.3 is 0 Å². The molecule has 0 bridgehead atoms. The average molecular weight is 336 g/mol. The summed E-state index contributed by atoms with van der Waals surface area (Å²) < 4.78 is 2.99. The molecule has 1 aromatic heterocycles.